The van der Waals surface area contributed by atoms with Crippen molar-refractivity contribution in [3.05, 3.63) is 29.8 Å². The van der Waals surface area contributed by atoms with Gasteiger partial charge in [0.2, 0.25) is 0 Å². The Morgan fingerprint density at radius 2 is 2.00 bits per heavy atom. The number of rotatable bonds is 4. The van der Waals surface area contributed by atoms with Gasteiger partial charge in [0.25, 0.3) is 0 Å². The summed E-state index contributed by atoms with van der Waals surface area (Å²) in [6.07, 6.45) is 0. The molecule has 0 radical (unpaired) electrons. The second kappa shape index (κ2) is 6.99. The SMILES string of the molecule is Cc1ccc(OCCN=C(N)N2CCOCC2)cc1. The Hall–Kier alpha value is -1.75. The Morgan fingerprint density at radius 3 is 2.68 bits per heavy atom. The van der Waals surface area contributed by atoms with Gasteiger partial charge in [-0.25, -0.2) is 4.99 Å². The summed E-state index contributed by atoms with van der Waals surface area (Å²) in [4.78, 5) is 6.36. The molecule has 19 heavy (non-hydrogen) atoms. The topological polar surface area (TPSA) is 60.1 Å². The summed E-state index contributed by atoms with van der Waals surface area (Å²) in [5.41, 5.74) is 7.14. The summed E-state index contributed by atoms with van der Waals surface area (Å²) in [6.45, 7) is 6.22. The van der Waals surface area contributed by atoms with E-state index in [1.807, 2.05) is 29.2 Å². The number of nitrogens with zero attached hydrogens (tertiary/aromatic N) is 2. The van der Waals surface area contributed by atoms with Crippen LogP contribution in [0.1, 0.15) is 5.56 Å². The molecule has 1 fully saturated rings. The lowest BCUT2D eigenvalue weighted by Gasteiger charge is -2.27. The molecule has 0 aliphatic carbocycles. The first kappa shape index (κ1) is 13.7. The lowest BCUT2D eigenvalue weighted by Crippen LogP contribution is -2.45. The first-order chi connectivity index (χ1) is 9.25. The fourth-order valence-electron chi connectivity index (χ4n) is 1.85. The molecular weight excluding hydrogens is 242 g/mol. The van der Waals surface area contributed by atoms with Gasteiger partial charge in [0.1, 0.15) is 12.4 Å². The van der Waals surface area contributed by atoms with E-state index in [4.69, 9.17) is 15.2 Å². The molecule has 2 rings (SSSR count). The second-order valence-electron chi connectivity index (χ2n) is 4.50. The smallest absolute Gasteiger partial charge is 0.191 e. The number of aryl methyl sites for hydroxylation is 1. The second-order valence-corrected chi connectivity index (χ2v) is 4.50. The van der Waals surface area contributed by atoms with E-state index >= 15 is 0 Å². The highest BCUT2D eigenvalue weighted by molar-refractivity contribution is 5.78. The van der Waals surface area contributed by atoms with E-state index in [-0.39, 0.29) is 0 Å². The van der Waals surface area contributed by atoms with E-state index in [0.29, 0.717) is 19.1 Å². The number of guanidine groups is 1. The van der Waals surface area contributed by atoms with Gasteiger partial charge in [-0.3, -0.25) is 0 Å². The predicted octanol–water partition coefficient (Wildman–Crippen LogP) is 1.02. The lowest BCUT2D eigenvalue weighted by atomic mass is 10.2. The number of morpholine rings is 1. The molecule has 5 nitrogen and oxygen atoms in total. The Bertz CT molecular complexity index is 411. The molecule has 1 saturated heterocycles. The average Bonchev–Trinajstić information content (AvgIpc) is 2.46. The quantitative estimate of drug-likeness (QED) is 0.500. The minimum absolute atomic E-state index is 0.536. The van der Waals surface area contributed by atoms with Crippen molar-refractivity contribution in [2.45, 2.75) is 6.92 Å². The number of hydrogen-bond donors (Lipinski definition) is 1. The maximum absolute atomic E-state index is 5.91. The normalized spacial score (nSPS) is 16.5. The van der Waals surface area contributed by atoms with E-state index in [9.17, 15) is 0 Å². The molecule has 104 valence electrons. The molecule has 0 atom stereocenters. The standard InChI is InChI=1S/C14H21N3O2/c1-12-2-4-13(5-3-12)19-9-6-16-14(15)17-7-10-18-11-8-17/h2-5H,6-11H2,1H3,(H2,15,16). The van der Waals surface area contributed by atoms with Crippen LogP contribution in [0.2, 0.25) is 0 Å². The van der Waals surface area contributed by atoms with Gasteiger partial charge in [-0.1, -0.05) is 17.7 Å². The first-order valence-corrected chi connectivity index (χ1v) is 6.58. The lowest BCUT2D eigenvalue weighted by molar-refractivity contribution is 0.0674. The highest BCUT2D eigenvalue weighted by Crippen LogP contribution is 2.10. The van der Waals surface area contributed by atoms with E-state index in [0.717, 1.165) is 32.1 Å². The fourth-order valence-corrected chi connectivity index (χ4v) is 1.85. The van der Waals surface area contributed by atoms with Crippen molar-refractivity contribution in [3.63, 3.8) is 0 Å². The zero-order valence-electron chi connectivity index (χ0n) is 11.3. The third kappa shape index (κ3) is 4.44. The Kier molecular flexibility index (Phi) is 5.03. The van der Waals surface area contributed by atoms with Crippen molar-refractivity contribution in [3.8, 4) is 5.75 Å². The highest BCUT2D eigenvalue weighted by atomic mass is 16.5. The number of aliphatic imine (C=N–C) groups is 1. The van der Waals surface area contributed by atoms with Gasteiger partial charge >= 0.3 is 0 Å². The highest BCUT2D eigenvalue weighted by Gasteiger charge is 2.11. The van der Waals surface area contributed by atoms with Crippen molar-refractivity contribution in [2.24, 2.45) is 10.7 Å². The molecule has 5 heteroatoms. The summed E-state index contributed by atoms with van der Waals surface area (Å²) in [5.74, 6) is 1.45. The van der Waals surface area contributed by atoms with Crippen LogP contribution in [0, 0.1) is 6.92 Å². The monoisotopic (exact) mass is 263 g/mol. The Labute approximate surface area is 114 Å². The predicted molar refractivity (Wildman–Crippen MR) is 75.6 cm³/mol. The molecule has 0 aromatic heterocycles. The third-order valence-electron chi connectivity index (χ3n) is 2.99. The minimum Gasteiger partial charge on any atom is -0.492 e. The Morgan fingerprint density at radius 1 is 1.32 bits per heavy atom. The average molecular weight is 263 g/mol. The van der Waals surface area contributed by atoms with Gasteiger partial charge in [0.05, 0.1) is 19.8 Å². The van der Waals surface area contributed by atoms with Gasteiger partial charge in [0, 0.05) is 13.1 Å². The van der Waals surface area contributed by atoms with E-state index in [2.05, 4.69) is 11.9 Å². The molecule has 0 spiro atoms. The molecule has 2 N–H and O–H groups in total. The largest absolute Gasteiger partial charge is 0.492 e. The van der Waals surface area contributed by atoms with Crippen LogP contribution in [0.5, 0.6) is 5.75 Å². The Balaban J connectivity index is 1.71. The van der Waals surface area contributed by atoms with Crippen molar-refractivity contribution >= 4 is 5.96 Å². The third-order valence-corrected chi connectivity index (χ3v) is 2.99. The van der Waals surface area contributed by atoms with Crippen molar-refractivity contribution in [1.29, 1.82) is 0 Å². The summed E-state index contributed by atoms with van der Waals surface area (Å²) in [7, 11) is 0. The van der Waals surface area contributed by atoms with Crippen LogP contribution in [0.25, 0.3) is 0 Å². The zero-order chi connectivity index (χ0) is 13.5. The van der Waals surface area contributed by atoms with Gasteiger partial charge in [-0.15, -0.1) is 0 Å². The van der Waals surface area contributed by atoms with Gasteiger partial charge in [-0.2, -0.15) is 0 Å². The molecule has 0 amide bonds. The van der Waals surface area contributed by atoms with Crippen LogP contribution in [-0.4, -0.2) is 50.3 Å². The molecule has 0 bridgehead atoms. The van der Waals surface area contributed by atoms with Crippen LogP contribution in [0.3, 0.4) is 0 Å². The minimum atomic E-state index is 0.536. The van der Waals surface area contributed by atoms with Crippen LogP contribution >= 0.6 is 0 Å². The number of nitrogens with two attached hydrogens (primary N) is 1. The molecule has 1 aromatic rings. The molecule has 0 unspecified atom stereocenters. The van der Waals surface area contributed by atoms with Crippen molar-refractivity contribution in [1.82, 2.24) is 4.90 Å². The van der Waals surface area contributed by atoms with Gasteiger partial charge in [-0.05, 0) is 19.1 Å². The first-order valence-electron chi connectivity index (χ1n) is 6.58. The van der Waals surface area contributed by atoms with Crippen molar-refractivity contribution in [2.75, 3.05) is 39.5 Å². The van der Waals surface area contributed by atoms with Crippen molar-refractivity contribution < 1.29 is 9.47 Å². The summed E-state index contributed by atoms with van der Waals surface area (Å²) < 4.78 is 10.9. The van der Waals surface area contributed by atoms with E-state index in [1.165, 1.54) is 5.56 Å². The number of ether oxygens (including phenoxy) is 2. The van der Waals surface area contributed by atoms with Crippen LogP contribution in [-0.2, 0) is 4.74 Å². The zero-order valence-corrected chi connectivity index (χ0v) is 11.3. The summed E-state index contributed by atoms with van der Waals surface area (Å²) >= 11 is 0. The molecule has 1 heterocycles. The molecule has 1 aliphatic heterocycles. The molecule has 0 saturated carbocycles. The van der Waals surface area contributed by atoms with E-state index in [1.54, 1.807) is 0 Å². The van der Waals surface area contributed by atoms with E-state index < -0.39 is 0 Å². The van der Waals surface area contributed by atoms with Gasteiger partial charge < -0.3 is 20.1 Å². The summed E-state index contributed by atoms with van der Waals surface area (Å²) in [5, 5.41) is 0. The van der Waals surface area contributed by atoms with Gasteiger partial charge in [0.15, 0.2) is 5.96 Å². The number of hydrogen-bond acceptors (Lipinski definition) is 3. The summed E-state index contributed by atoms with van der Waals surface area (Å²) in [6, 6.07) is 7.98. The fraction of sp³-hybridized carbons (Fsp3) is 0.500. The molecule has 1 aliphatic rings. The van der Waals surface area contributed by atoms with Crippen LogP contribution in [0.4, 0.5) is 0 Å². The molecular formula is C14H21N3O2. The maximum Gasteiger partial charge on any atom is 0.191 e. The molecule has 1 aromatic carbocycles. The number of benzene rings is 1. The maximum atomic E-state index is 5.91. The van der Waals surface area contributed by atoms with Crippen LogP contribution < -0.4 is 10.5 Å². The van der Waals surface area contributed by atoms with Crippen LogP contribution in [0.15, 0.2) is 29.3 Å².